The lowest BCUT2D eigenvalue weighted by atomic mass is 9.94. The number of nitrogens with one attached hydrogen (secondary N) is 2. The van der Waals surface area contributed by atoms with Crippen LogP contribution in [0, 0.1) is 12.7 Å². The summed E-state index contributed by atoms with van der Waals surface area (Å²) < 4.78 is 14.1. The van der Waals surface area contributed by atoms with Gasteiger partial charge >= 0.3 is 0 Å². The molecular formula is C17H15FN2O. The predicted octanol–water partition coefficient (Wildman–Crippen LogP) is 4.48. The number of anilines is 1. The Morgan fingerprint density at radius 2 is 1.95 bits per heavy atom. The molecule has 0 unspecified atom stereocenters. The molecule has 2 N–H and O–H groups in total. The highest BCUT2D eigenvalue weighted by Crippen LogP contribution is 2.41. The number of aryl methyl sites for hydroxylation is 1. The van der Waals surface area contributed by atoms with Crippen LogP contribution < -0.4 is 5.32 Å². The third-order valence-electron chi connectivity index (χ3n) is 3.79. The van der Waals surface area contributed by atoms with Gasteiger partial charge in [0.15, 0.2) is 0 Å². The molecule has 0 radical (unpaired) electrons. The number of hydrogen-bond donors (Lipinski definition) is 2. The van der Waals surface area contributed by atoms with Gasteiger partial charge in [0, 0.05) is 33.9 Å². The van der Waals surface area contributed by atoms with Crippen molar-refractivity contribution in [1.82, 2.24) is 4.98 Å². The van der Waals surface area contributed by atoms with Gasteiger partial charge in [0.25, 0.3) is 5.91 Å². The van der Waals surface area contributed by atoms with Crippen molar-refractivity contribution in [3.63, 3.8) is 0 Å². The summed E-state index contributed by atoms with van der Waals surface area (Å²) >= 11 is 0. The third-order valence-corrected chi connectivity index (χ3v) is 3.79. The highest BCUT2D eigenvalue weighted by Gasteiger charge is 2.28. The fraction of sp³-hybridized carbons (Fsp3) is 0.118. The molecular weight excluding hydrogens is 267 g/mol. The Morgan fingerprint density at radius 1 is 1.14 bits per heavy atom. The van der Waals surface area contributed by atoms with Gasteiger partial charge in [-0.2, -0.15) is 0 Å². The van der Waals surface area contributed by atoms with Gasteiger partial charge < -0.3 is 10.3 Å². The second kappa shape index (κ2) is 4.45. The first-order valence-electron chi connectivity index (χ1n) is 6.38. The molecule has 3 nitrogen and oxygen atoms in total. The van der Waals surface area contributed by atoms with E-state index in [0.29, 0.717) is 22.0 Å². The molecule has 3 aromatic rings. The maximum absolute atomic E-state index is 14.1. The highest BCUT2D eigenvalue weighted by molar-refractivity contribution is 6.27. The van der Waals surface area contributed by atoms with E-state index < -0.39 is 0 Å². The number of H-pyrrole nitrogens is 1. The SMILES string of the molecule is C.Cc1cc(-c2ccc[nH]2)c2c3c(ccc(F)c13)NC2=O. The van der Waals surface area contributed by atoms with E-state index in [4.69, 9.17) is 0 Å². The lowest BCUT2D eigenvalue weighted by Crippen LogP contribution is -2.06. The first kappa shape index (κ1) is 13.4. The summed E-state index contributed by atoms with van der Waals surface area (Å²) in [5.74, 6) is -0.475. The molecule has 0 saturated carbocycles. The number of carbonyl (C=O) groups excluding carboxylic acids is 1. The number of rotatable bonds is 1. The second-order valence-electron chi connectivity index (χ2n) is 5.00. The Morgan fingerprint density at radius 3 is 2.67 bits per heavy atom. The molecule has 1 aliphatic heterocycles. The molecule has 4 rings (SSSR count). The Kier molecular flexibility index (Phi) is 2.83. The molecule has 0 spiro atoms. The lowest BCUT2D eigenvalue weighted by Gasteiger charge is -2.09. The summed E-state index contributed by atoms with van der Waals surface area (Å²) in [5, 5.41) is 4.01. The summed E-state index contributed by atoms with van der Waals surface area (Å²) in [4.78, 5) is 15.3. The summed E-state index contributed by atoms with van der Waals surface area (Å²) in [6, 6.07) is 8.65. The first-order chi connectivity index (χ1) is 9.66. The number of hydrogen-bond acceptors (Lipinski definition) is 1. The smallest absolute Gasteiger partial charge is 0.257 e. The van der Waals surface area contributed by atoms with E-state index in [1.165, 1.54) is 6.07 Å². The first-order valence-corrected chi connectivity index (χ1v) is 6.38. The minimum Gasteiger partial charge on any atom is -0.361 e. The quantitative estimate of drug-likeness (QED) is 0.679. The maximum Gasteiger partial charge on any atom is 0.257 e. The number of aromatic nitrogens is 1. The van der Waals surface area contributed by atoms with Crippen LogP contribution in [0.5, 0.6) is 0 Å². The largest absolute Gasteiger partial charge is 0.361 e. The zero-order valence-corrected chi connectivity index (χ0v) is 10.8. The van der Waals surface area contributed by atoms with E-state index in [0.717, 1.165) is 16.8 Å². The fourth-order valence-corrected chi connectivity index (χ4v) is 2.95. The van der Waals surface area contributed by atoms with Gasteiger partial charge in [-0.1, -0.05) is 7.43 Å². The molecule has 4 heteroatoms. The van der Waals surface area contributed by atoms with Crippen LogP contribution in [0.3, 0.4) is 0 Å². The molecule has 0 saturated heterocycles. The van der Waals surface area contributed by atoms with Crippen molar-refractivity contribution in [1.29, 1.82) is 0 Å². The van der Waals surface area contributed by atoms with Crippen LogP contribution >= 0.6 is 0 Å². The molecule has 0 fully saturated rings. The van der Waals surface area contributed by atoms with Crippen LogP contribution in [0.2, 0.25) is 0 Å². The van der Waals surface area contributed by atoms with Gasteiger partial charge in [-0.15, -0.1) is 0 Å². The van der Waals surface area contributed by atoms with Gasteiger partial charge in [0.2, 0.25) is 0 Å². The van der Waals surface area contributed by atoms with Gasteiger partial charge in [-0.3, -0.25) is 4.79 Å². The standard InChI is InChI=1S/C16H11FN2O.CH4/c1-8-7-9(11-3-2-6-18-11)14-15-12(19-16(14)20)5-4-10(17)13(8)15;/h2-7,18H,1H3,(H,19,20);1H4. The Labute approximate surface area is 121 Å². The van der Waals surface area contributed by atoms with Crippen molar-refractivity contribution in [3.8, 4) is 11.3 Å². The summed E-state index contributed by atoms with van der Waals surface area (Å²) in [5.41, 5.74) is 3.71. The average Bonchev–Trinajstić information content (AvgIpc) is 3.04. The van der Waals surface area contributed by atoms with Crippen molar-refractivity contribution in [2.75, 3.05) is 5.32 Å². The van der Waals surface area contributed by atoms with E-state index >= 15 is 0 Å². The van der Waals surface area contributed by atoms with Crippen LogP contribution in [0.25, 0.3) is 22.0 Å². The van der Waals surface area contributed by atoms with Crippen molar-refractivity contribution in [2.45, 2.75) is 14.4 Å². The number of aromatic amines is 1. The third kappa shape index (κ3) is 1.69. The minimum atomic E-state index is -0.294. The Hall–Kier alpha value is -2.62. The Bertz CT molecular complexity index is 866. The number of benzene rings is 2. The van der Waals surface area contributed by atoms with Crippen LogP contribution in [0.15, 0.2) is 36.5 Å². The van der Waals surface area contributed by atoms with E-state index in [-0.39, 0.29) is 19.2 Å². The van der Waals surface area contributed by atoms with Crippen molar-refractivity contribution in [3.05, 3.63) is 53.5 Å². The van der Waals surface area contributed by atoms with Crippen molar-refractivity contribution in [2.24, 2.45) is 0 Å². The van der Waals surface area contributed by atoms with Crippen LogP contribution in [0.1, 0.15) is 23.3 Å². The minimum absolute atomic E-state index is 0. The molecule has 106 valence electrons. The van der Waals surface area contributed by atoms with Crippen LogP contribution in [-0.2, 0) is 0 Å². The Balaban J connectivity index is 0.00000132. The molecule has 1 amide bonds. The average molecular weight is 282 g/mol. The van der Waals surface area contributed by atoms with Crippen molar-refractivity contribution < 1.29 is 9.18 Å². The van der Waals surface area contributed by atoms with Gasteiger partial charge in [0.05, 0.1) is 5.56 Å². The molecule has 0 aliphatic carbocycles. The fourth-order valence-electron chi connectivity index (χ4n) is 2.95. The van der Waals surface area contributed by atoms with E-state index in [1.54, 1.807) is 12.3 Å². The number of halogens is 1. The number of amides is 1. The highest BCUT2D eigenvalue weighted by atomic mass is 19.1. The predicted molar refractivity (Wildman–Crippen MR) is 83.1 cm³/mol. The van der Waals surface area contributed by atoms with Gasteiger partial charge in [0.1, 0.15) is 5.82 Å². The van der Waals surface area contributed by atoms with Crippen LogP contribution in [-0.4, -0.2) is 10.9 Å². The summed E-state index contributed by atoms with van der Waals surface area (Å²) in [6.07, 6.45) is 1.81. The summed E-state index contributed by atoms with van der Waals surface area (Å²) in [7, 11) is 0. The monoisotopic (exact) mass is 282 g/mol. The molecule has 1 aliphatic rings. The van der Waals surface area contributed by atoms with Gasteiger partial charge in [-0.05, 0) is 42.8 Å². The second-order valence-corrected chi connectivity index (χ2v) is 5.00. The molecule has 0 bridgehead atoms. The number of carbonyl (C=O) groups is 1. The van der Waals surface area contributed by atoms with Crippen molar-refractivity contribution >= 4 is 22.4 Å². The lowest BCUT2D eigenvalue weighted by molar-refractivity contribution is 0.103. The molecule has 21 heavy (non-hydrogen) atoms. The zero-order valence-electron chi connectivity index (χ0n) is 10.8. The topological polar surface area (TPSA) is 44.9 Å². The van der Waals surface area contributed by atoms with Crippen LogP contribution in [0.4, 0.5) is 10.1 Å². The normalized spacial score (nSPS) is 12.4. The maximum atomic E-state index is 14.1. The zero-order chi connectivity index (χ0) is 13.9. The molecule has 1 aromatic heterocycles. The summed E-state index contributed by atoms with van der Waals surface area (Å²) in [6.45, 7) is 1.86. The van der Waals surface area contributed by atoms with E-state index in [9.17, 15) is 9.18 Å². The molecule has 2 aromatic carbocycles. The molecule has 2 heterocycles. The van der Waals surface area contributed by atoms with E-state index in [1.807, 2.05) is 25.1 Å². The van der Waals surface area contributed by atoms with E-state index in [2.05, 4.69) is 10.3 Å². The molecule has 0 atom stereocenters. The van der Waals surface area contributed by atoms with Gasteiger partial charge in [-0.25, -0.2) is 4.39 Å².